The van der Waals surface area contributed by atoms with Crippen LogP contribution in [0.15, 0.2) is 5.38 Å². The number of thiazole rings is 1. The van der Waals surface area contributed by atoms with Crippen LogP contribution in [0.4, 0.5) is 0 Å². The van der Waals surface area contributed by atoms with Gasteiger partial charge in [-0.25, -0.2) is 13.4 Å². The lowest BCUT2D eigenvalue weighted by Crippen LogP contribution is -2.21. The highest BCUT2D eigenvalue weighted by Crippen LogP contribution is 2.34. The first-order valence-electron chi connectivity index (χ1n) is 5.49. The fourth-order valence-corrected chi connectivity index (χ4v) is 5.22. The van der Waals surface area contributed by atoms with Crippen molar-refractivity contribution in [2.24, 2.45) is 5.73 Å². The Bertz CT molecular complexity index is 453. The number of rotatable bonds is 3. The van der Waals surface area contributed by atoms with E-state index in [0.29, 0.717) is 12.3 Å². The number of hydrogen-bond acceptors (Lipinski definition) is 5. The van der Waals surface area contributed by atoms with Crippen LogP contribution in [0.2, 0.25) is 0 Å². The Hall–Kier alpha value is -0.460. The molecular weight excluding hydrogens is 244 g/mol. The van der Waals surface area contributed by atoms with Gasteiger partial charge in [-0.2, -0.15) is 0 Å². The minimum absolute atomic E-state index is 0.309. The van der Waals surface area contributed by atoms with E-state index in [2.05, 4.69) is 4.98 Å². The maximum Gasteiger partial charge on any atom is 0.159 e. The summed E-state index contributed by atoms with van der Waals surface area (Å²) in [6, 6.07) is 0. The van der Waals surface area contributed by atoms with E-state index < -0.39 is 9.84 Å². The highest BCUT2D eigenvalue weighted by molar-refractivity contribution is 7.91. The smallest absolute Gasteiger partial charge is 0.159 e. The molecule has 4 nitrogen and oxygen atoms in total. The molecule has 0 spiro atoms. The second-order valence-electron chi connectivity index (χ2n) is 4.07. The highest BCUT2D eigenvalue weighted by Gasteiger charge is 2.32. The van der Waals surface area contributed by atoms with Crippen LogP contribution >= 0.6 is 11.3 Å². The van der Waals surface area contributed by atoms with Gasteiger partial charge in [-0.05, 0) is 19.4 Å². The summed E-state index contributed by atoms with van der Waals surface area (Å²) in [5.41, 5.74) is 6.37. The van der Waals surface area contributed by atoms with E-state index in [1.54, 1.807) is 0 Å². The molecular formula is C10H16N2O2S2. The molecule has 1 unspecified atom stereocenters. The van der Waals surface area contributed by atoms with Gasteiger partial charge in [0.05, 0.1) is 11.4 Å². The molecule has 1 aromatic heterocycles. The van der Waals surface area contributed by atoms with Gasteiger partial charge in [0.25, 0.3) is 0 Å². The molecule has 1 saturated heterocycles. The molecule has 6 heteroatoms. The van der Waals surface area contributed by atoms with Crippen LogP contribution in [-0.2, 0) is 16.3 Å². The minimum Gasteiger partial charge on any atom is -0.330 e. The third-order valence-corrected chi connectivity index (χ3v) is 6.16. The largest absolute Gasteiger partial charge is 0.330 e. The summed E-state index contributed by atoms with van der Waals surface area (Å²) in [5, 5.41) is 2.31. The van der Waals surface area contributed by atoms with E-state index in [1.165, 1.54) is 11.3 Å². The Morgan fingerprint density at radius 3 is 3.00 bits per heavy atom. The van der Waals surface area contributed by atoms with Crippen LogP contribution in [-0.4, -0.2) is 25.7 Å². The number of hydrogen-bond donors (Lipinski definition) is 1. The molecule has 2 N–H and O–H groups in total. The summed E-state index contributed by atoms with van der Waals surface area (Å²) in [4.78, 5) is 4.38. The van der Waals surface area contributed by atoms with E-state index in [0.717, 1.165) is 36.4 Å². The van der Waals surface area contributed by atoms with Crippen LogP contribution < -0.4 is 5.73 Å². The molecule has 0 bridgehead atoms. The molecule has 1 aliphatic rings. The summed E-state index contributed by atoms with van der Waals surface area (Å²) >= 11 is 1.45. The van der Waals surface area contributed by atoms with Crippen LogP contribution in [0.1, 0.15) is 35.2 Å². The van der Waals surface area contributed by atoms with E-state index in [9.17, 15) is 8.42 Å². The first-order chi connectivity index (χ1) is 7.63. The SMILES string of the molecule is NCCc1csc(C2CCCCS2(=O)=O)n1. The second kappa shape index (κ2) is 4.81. The normalized spacial score (nSPS) is 24.4. The predicted octanol–water partition coefficient (Wildman–Crippen LogP) is 1.28. The van der Waals surface area contributed by atoms with Gasteiger partial charge in [-0.1, -0.05) is 6.42 Å². The third-order valence-electron chi connectivity index (χ3n) is 2.82. The van der Waals surface area contributed by atoms with Gasteiger partial charge >= 0.3 is 0 Å². The van der Waals surface area contributed by atoms with Crippen LogP contribution in [0.25, 0.3) is 0 Å². The summed E-state index contributed by atoms with van der Waals surface area (Å²) in [5.74, 6) is 0.309. The van der Waals surface area contributed by atoms with Gasteiger partial charge in [0.15, 0.2) is 9.84 Å². The highest BCUT2D eigenvalue weighted by atomic mass is 32.2. The monoisotopic (exact) mass is 260 g/mol. The molecule has 1 aliphatic heterocycles. The molecule has 2 heterocycles. The molecule has 16 heavy (non-hydrogen) atoms. The lowest BCUT2D eigenvalue weighted by Gasteiger charge is -2.19. The minimum atomic E-state index is -2.96. The van der Waals surface area contributed by atoms with E-state index in [1.807, 2.05) is 5.38 Å². The zero-order valence-corrected chi connectivity index (χ0v) is 10.7. The zero-order valence-electron chi connectivity index (χ0n) is 9.05. The summed E-state index contributed by atoms with van der Waals surface area (Å²) in [6.45, 7) is 0.556. The molecule has 0 aromatic carbocycles. The molecule has 0 amide bonds. The van der Waals surface area contributed by atoms with E-state index >= 15 is 0 Å². The van der Waals surface area contributed by atoms with Crippen LogP contribution in [0.5, 0.6) is 0 Å². The maximum atomic E-state index is 11.9. The molecule has 0 radical (unpaired) electrons. The predicted molar refractivity (Wildman–Crippen MR) is 65.3 cm³/mol. The lowest BCUT2D eigenvalue weighted by molar-refractivity contribution is 0.545. The van der Waals surface area contributed by atoms with Gasteiger partial charge < -0.3 is 5.73 Å². The average Bonchev–Trinajstić information content (AvgIpc) is 2.66. The van der Waals surface area contributed by atoms with Crippen molar-refractivity contribution in [3.05, 3.63) is 16.1 Å². The number of nitrogens with zero attached hydrogens (tertiary/aromatic N) is 1. The first kappa shape index (κ1) is 12.0. The van der Waals surface area contributed by atoms with E-state index in [4.69, 9.17) is 5.73 Å². The first-order valence-corrected chi connectivity index (χ1v) is 8.09. The van der Waals surface area contributed by atoms with Crippen molar-refractivity contribution < 1.29 is 8.42 Å². The van der Waals surface area contributed by atoms with Gasteiger partial charge in [0.2, 0.25) is 0 Å². The standard InChI is InChI=1S/C10H16N2O2S2/c11-5-4-8-7-15-10(12-8)9-3-1-2-6-16(9,13)14/h7,9H,1-6,11H2. The van der Waals surface area contributed by atoms with Crippen LogP contribution in [0, 0.1) is 0 Å². The molecule has 1 aromatic rings. The number of sulfone groups is 1. The third kappa shape index (κ3) is 2.44. The Morgan fingerprint density at radius 1 is 1.50 bits per heavy atom. The second-order valence-corrected chi connectivity index (χ2v) is 7.26. The molecule has 0 saturated carbocycles. The Labute approximate surface area is 99.8 Å². The van der Waals surface area contributed by atoms with Gasteiger partial charge in [-0.15, -0.1) is 11.3 Å². The van der Waals surface area contributed by atoms with Crippen molar-refractivity contribution in [3.8, 4) is 0 Å². The molecule has 1 fully saturated rings. The fraction of sp³-hybridized carbons (Fsp3) is 0.700. The topological polar surface area (TPSA) is 73.1 Å². The molecule has 1 atom stereocenters. The van der Waals surface area contributed by atoms with Crippen molar-refractivity contribution in [3.63, 3.8) is 0 Å². The van der Waals surface area contributed by atoms with Gasteiger partial charge in [0.1, 0.15) is 10.3 Å². The van der Waals surface area contributed by atoms with Crippen molar-refractivity contribution in [2.45, 2.75) is 30.9 Å². The van der Waals surface area contributed by atoms with Crippen molar-refractivity contribution in [1.29, 1.82) is 0 Å². The number of aromatic nitrogens is 1. The van der Waals surface area contributed by atoms with Crippen LogP contribution in [0.3, 0.4) is 0 Å². The fourth-order valence-electron chi connectivity index (χ4n) is 1.97. The lowest BCUT2D eigenvalue weighted by atomic mass is 10.2. The molecule has 90 valence electrons. The van der Waals surface area contributed by atoms with Gasteiger partial charge in [-0.3, -0.25) is 0 Å². The number of nitrogens with two attached hydrogens (primary N) is 1. The van der Waals surface area contributed by atoms with Gasteiger partial charge in [0, 0.05) is 11.8 Å². The Balaban J connectivity index is 2.22. The maximum absolute atomic E-state index is 11.9. The summed E-state index contributed by atoms with van der Waals surface area (Å²) in [7, 11) is -2.96. The zero-order chi connectivity index (χ0) is 11.6. The summed E-state index contributed by atoms with van der Waals surface area (Å²) in [6.07, 6.45) is 3.22. The summed E-state index contributed by atoms with van der Waals surface area (Å²) < 4.78 is 23.8. The quantitative estimate of drug-likeness (QED) is 0.888. The molecule has 2 rings (SSSR count). The van der Waals surface area contributed by atoms with E-state index in [-0.39, 0.29) is 5.25 Å². The Morgan fingerprint density at radius 2 is 2.31 bits per heavy atom. The Kier molecular flexibility index (Phi) is 3.61. The molecule has 0 aliphatic carbocycles. The average molecular weight is 260 g/mol. The van der Waals surface area contributed by atoms with Crippen molar-refractivity contribution >= 4 is 21.2 Å². The van der Waals surface area contributed by atoms with Crippen molar-refractivity contribution in [1.82, 2.24) is 4.98 Å². The van der Waals surface area contributed by atoms with Crippen molar-refractivity contribution in [2.75, 3.05) is 12.3 Å².